The van der Waals surface area contributed by atoms with Crippen molar-refractivity contribution < 1.29 is 0 Å². The van der Waals surface area contributed by atoms with E-state index in [-0.39, 0.29) is 11.1 Å². The molecule has 1 aromatic heterocycles. The van der Waals surface area contributed by atoms with Gasteiger partial charge in [-0.15, -0.1) is 0 Å². The molecule has 0 atom stereocenters. The summed E-state index contributed by atoms with van der Waals surface area (Å²) in [6.07, 6.45) is 0. The van der Waals surface area contributed by atoms with E-state index in [0.29, 0.717) is 6.54 Å². The Hall–Kier alpha value is -2.55. The van der Waals surface area contributed by atoms with Crippen molar-refractivity contribution in [2.45, 2.75) is 53.5 Å². The number of hydrogen-bond donors (Lipinski definition) is 0. The van der Waals surface area contributed by atoms with Gasteiger partial charge in [0.05, 0.1) is 17.6 Å². The van der Waals surface area contributed by atoms with Gasteiger partial charge in [0.2, 0.25) is 0 Å². The van der Waals surface area contributed by atoms with E-state index in [1.54, 1.807) is 4.57 Å². The highest BCUT2D eigenvalue weighted by molar-refractivity contribution is 5.81. The van der Waals surface area contributed by atoms with E-state index in [4.69, 9.17) is 0 Å². The highest BCUT2D eigenvalue weighted by atomic mass is 16.1. The maximum absolute atomic E-state index is 13.0. The molecule has 2 aromatic carbocycles. The number of rotatable bonds is 3. The van der Waals surface area contributed by atoms with Gasteiger partial charge in [-0.3, -0.25) is 9.13 Å². The van der Waals surface area contributed by atoms with E-state index in [1.165, 1.54) is 16.7 Å². The lowest BCUT2D eigenvalue weighted by Crippen LogP contribution is -2.23. The van der Waals surface area contributed by atoms with Gasteiger partial charge in [-0.2, -0.15) is 0 Å². The number of hydrogen-bond acceptors (Lipinski definition) is 1. The molecule has 0 fully saturated rings. The highest BCUT2D eigenvalue weighted by Gasteiger charge is 2.16. The van der Waals surface area contributed by atoms with E-state index in [1.807, 2.05) is 11.5 Å². The Bertz CT molecular complexity index is 1040. The van der Waals surface area contributed by atoms with Crippen molar-refractivity contribution in [2.75, 3.05) is 0 Å². The second kappa shape index (κ2) is 6.31. The van der Waals surface area contributed by atoms with Crippen LogP contribution in [-0.4, -0.2) is 9.13 Å². The molecule has 0 unspecified atom stereocenters. The molecule has 0 N–H and O–H groups in total. The molecule has 0 aliphatic heterocycles. The summed E-state index contributed by atoms with van der Waals surface area (Å²) in [7, 11) is 0. The molecule has 0 radical (unpaired) electrons. The topological polar surface area (TPSA) is 26.9 Å². The van der Waals surface area contributed by atoms with Crippen LogP contribution in [0.5, 0.6) is 0 Å². The Labute approximate surface area is 155 Å². The minimum Gasteiger partial charge on any atom is -0.287 e. The van der Waals surface area contributed by atoms with E-state index in [0.717, 1.165) is 22.3 Å². The number of aromatic nitrogens is 2. The molecule has 3 heteroatoms. The third-order valence-electron chi connectivity index (χ3n) is 5.09. The highest BCUT2D eigenvalue weighted by Crippen LogP contribution is 2.24. The summed E-state index contributed by atoms with van der Waals surface area (Å²) in [6, 6.07) is 12.8. The van der Waals surface area contributed by atoms with Gasteiger partial charge in [0, 0.05) is 5.70 Å². The molecule has 136 valence electrons. The normalized spacial score (nSPS) is 11.9. The molecule has 0 saturated carbocycles. The van der Waals surface area contributed by atoms with E-state index < -0.39 is 0 Å². The predicted octanol–water partition coefficient (Wildman–Crippen LogP) is 5.26. The number of nitrogens with zero attached hydrogens (tertiary/aromatic N) is 2. The molecule has 0 saturated heterocycles. The third-order valence-corrected chi connectivity index (χ3v) is 5.09. The Balaban J connectivity index is 2.13. The van der Waals surface area contributed by atoms with Crippen LogP contribution in [-0.2, 0) is 12.0 Å². The van der Waals surface area contributed by atoms with Gasteiger partial charge in [-0.25, -0.2) is 4.79 Å². The van der Waals surface area contributed by atoms with Crippen LogP contribution in [0.1, 0.15) is 49.9 Å². The van der Waals surface area contributed by atoms with Crippen molar-refractivity contribution in [3.63, 3.8) is 0 Å². The lowest BCUT2D eigenvalue weighted by atomic mass is 9.87. The van der Waals surface area contributed by atoms with Crippen molar-refractivity contribution in [1.82, 2.24) is 9.13 Å². The predicted molar refractivity (Wildman–Crippen MR) is 111 cm³/mol. The standard InChI is InChI=1S/C23H28N2O/c1-15(2)25-21-13-17(4)16(3)12-20(21)24(22(25)26)14-18-8-10-19(11-9-18)23(5,6)7/h8-13H,1,14H2,2-7H3. The summed E-state index contributed by atoms with van der Waals surface area (Å²) in [5.74, 6) is 0. The fourth-order valence-electron chi connectivity index (χ4n) is 3.32. The molecule has 26 heavy (non-hydrogen) atoms. The number of benzene rings is 2. The zero-order chi connectivity index (χ0) is 19.2. The van der Waals surface area contributed by atoms with Crippen LogP contribution in [0.15, 0.2) is 47.8 Å². The number of aryl methyl sites for hydroxylation is 2. The van der Waals surface area contributed by atoms with Crippen LogP contribution in [0.25, 0.3) is 16.7 Å². The molecule has 0 bridgehead atoms. The van der Waals surface area contributed by atoms with Crippen molar-refractivity contribution in [2.24, 2.45) is 0 Å². The Morgan fingerprint density at radius 2 is 1.54 bits per heavy atom. The fraction of sp³-hybridized carbons (Fsp3) is 0.348. The molecule has 3 nitrogen and oxygen atoms in total. The SMILES string of the molecule is C=C(C)n1c(=O)n(Cc2ccc(C(C)(C)C)cc2)c2cc(C)c(C)cc21. The van der Waals surface area contributed by atoms with Crippen molar-refractivity contribution in [3.8, 4) is 0 Å². The number of imidazole rings is 1. The van der Waals surface area contributed by atoms with E-state index in [2.05, 4.69) is 77.6 Å². The summed E-state index contributed by atoms with van der Waals surface area (Å²) >= 11 is 0. The molecule has 0 spiro atoms. The van der Waals surface area contributed by atoms with Crippen LogP contribution in [0.2, 0.25) is 0 Å². The van der Waals surface area contributed by atoms with Crippen molar-refractivity contribution in [3.05, 3.63) is 75.7 Å². The summed E-state index contributed by atoms with van der Waals surface area (Å²) in [5, 5.41) is 0. The molecule has 0 aliphatic rings. The number of allylic oxidation sites excluding steroid dienone is 1. The Morgan fingerprint density at radius 3 is 2.04 bits per heavy atom. The van der Waals surface area contributed by atoms with Gasteiger partial charge in [0.1, 0.15) is 0 Å². The molecule has 0 amide bonds. The monoisotopic (exact) mass is 348 g/mol. The summed E-state index contributed by atoms with van der Waals surface area (Å²) < 4.78 is 3.56. The second-order valence-electron chi connectivity index (χ2n) is 8.31. The van der Waals surface area contributed by atoms with E-state index in [9.17, 15) is 4.79 Å². The maximum atomic E-state index is 13.0. The van der Waals surface area contributed by atoms with Gasteiger partial charge in [0.25, 0.3) is 0 Å². The zero-order valence-corrected chi connectivity index (χ0v) is 16.7. The van der Waals surface area contributed by atoms with Crippen LogP contribution in [0.3, 0.4) is 0 Å². The van der Waals surface area contributed by atoms with Gasteiger partial charge >= 0.3 is 5.69 Å². The van der Waals surface area contributed by atoms with Gasteiger partial charge in [0.15, 0.2) is 0 Å². The van der Waals surface area contributed by atoms with Crippen LogP contribution >= 0.6 is 0 Å². The first-order valence-electron chi connectivity index (χ1n) is 9.07. The molecule has 3 rings (SSSR count). The summed E-state index contributed by atoms with van der Waals surface area (Å²) in [5.41, 5.74) is 7.51. The third kappa shape index (κ3) is 3.14. The summed E-state index contributed by atoms with van der Waals surface area (Å²) in [6.45, 7) is 17.2. The molecular formula is C23H28N2O. The van der Waals surface area contributed by atoms with Crippen LogP contribution in [0, 0.1) is 13.8 Å². The van der Waals surface area contributed by atoms with E-state index >= 15 is 0 Å². The van der Waals surface area contributed by atoms with Gasteiger partial charge in [-0.1, -0.05) is 51.6 Å². The first-order valence-corrected chi connectivity index (χ1v) is 9.07. The lowest BCUT2D eigenvalue weighted by molar-refractivity contribution is 0.589. The second-order valence-corrected chi connectivity index (χ2v) is 8.31. The molecule has 0 aliphatic carbocycles. The average Bonchev–Trinajstić information content (AvgIpc) is 2.79. The molecule has 3 aromatic rings. The lowest BCUT2D eigenvalue weighted by Gasteiger charge is -2.19. The summed E-state index contributed by atoms with van der Waals surface area (Å²) in [4.78, 5) is 13.0. The first kappa shape index (κ1) is 18.2. The van der Waals surface area contributed by atoms with Crippen molar-refractivity contribution >= 4 is 16.7 Å². The van der Waals surface area contributed by atoms with Crippen molar-refractivity contribution in [1.29, 1.82) is 0 Å². The largest absolute Gasteiger partial charge is 0.333 e. The quantitative estimate of drug-likeness (QED) is 0.634. The van der Waals surface area contributed by atoms with Gasteiger partial charge in [-0.05, 0) is 60.6 Å². The maximum Gasteiger partial charge on any atom is 0.333 e. The average molecular weight is 348 g/mol. The smallest absolute Gasteiger partial charge is 0.287 e. The Kier molecular flexibility index (Phi) is 4.43. The minimum absolute atomic E-state index is 0.0302. The first-order chi connectivity index (χ1) is 12.1. The molecular weight excluding hydrogens is 320 g/mol. The zero-order valence-electron chi connectivity index (χ0n) is 16.7. The molecule has 1 heterocycles. The minimum atomic E-state index is -0.0302. The van der Waals surface area contributed by atoms with Crippen LogP contribution in [0.4, 0.5) is 0 Å². The Morgan fingerprint density at radius 1 is 1.00 bits per heavy atom. The van der Waals surface area contributed by atoms with Crippen LogP contribution < -0.4 is 5.69 Å². The fourth-order valence-corrected chi connectivity index (χ4v) is 3.32. The number of fused-ring (bicyclic) bond motifs is 1. The van der Waals surface area contributed by atoms with Gasteiger partial charge < -0.3 is 0 Å².